The second kappa shape index (κ2) is 10.8. The fourth-order valence-electron chi connectivity index (χ4n) is 2.59. The molecule has 0 aliphatic rings. The Labute approximate surface area is 165 Å². The zero-order chi connectivity index (χ0) is 20.4. The standard InChI is InChI=1S/C22H26N2O4/c1-4-7-16-11-12-19(20(13-16)27-3)28-15-22(26)24-18-10-6-9-17(14-18)23-21(25)8-5-2/h4,6,9-14H,1,5,7-8,15H2,2-3H3,(H,23,25)(H,24,26). The third-order valence-corrected chi connectivity index (χ3v) is 3.87. The zero-order valence-electron chi connectivity index (χ0n) is 16.3. The number of amides is 2. The van der Waals surface area contributed by atoms with Gasteiger partial charge in [-0.1, -0.05) is 25.1 Å². The molecule has 0 spiro atoms. The number of allylic oxidation sites excluding steroid dienone is 1. The minimum Gasteiger partial charge on any atom is -0.493 e. The molecule has 0 aliphatic carbocycles. The van der Waals surface area contributed by atoms with Gasteiger partial charge in [0.2, 0.25) is 5.91 Å². The monoisotopic (exact) mass is 382 g/mol. The van der Waals surface area contributed by atoms with E-state index in [-0.39, 0.29) is 18.4 Å². The molecule has 0 saturated heterocycles. The van der Waals surface area contributed by atoms with Crippen LogP contribution in [0.4, 0.5) is 11.4 Å². The second-order valence-corrected chi connectivity index (χ2v) is 6.19. The smallest absolute Gasteiger partial charge is 0.262 e. The highest BCUT2D eigenvalue weighted by molar-refractivity contribution is 5.94. The van der Waals surface area contributed by atoms with Crippen LogP contribution < -0.4 is 20.1 Å². The molecule has 2 aromatic rings. The topological polar surface area (TPSA) is 76.7 Å². The van der Waals surface area contributed by atoms with Crippen LogP contribution in [0.15, 0.2) is 55.1 Å². The Balaban J connectivity index is 1.94. The molecule has 0 saturated carbocycles. The summed E-state index contributed by atoms with van der Waals surface area (Å²) in [6.45, 7) is 5.50. The van der Waals surface area contributed by atoms with Crippen molar-refractivity contribution in [3.8, 4) is 11.5 Å². The van der Waals surface area contributed by atoms with Crippen LogP contribution in [0.25, 0.3) is 0 Å². The minimum absolute atomic E-state index is 0.0543. The molecule has 0 radical (unpaired) electrons. The number of anilines is 2. The molecule has 0 aromatic heterocycles. The fourth-order valence-corrected chi connectivity index (χ4v) is 2.59. The van der Waals surface area contributed by atoms with Crippen molar-refractivity contribution in [2.75, 3.05) is 24.4 Å². The lowest BCUT2D eigenvalue weighted by atomic mass is 10.1. The molecular formula is C22H26N2O4. The normalized spacial score (nSPS) is 10.1. The highest BCUT2D eigenvalue weighted by atomic mass is 16.5. The molecule has 0 bridgehead atoms. The minimum atomic E-state index is -0.311. The van der Waals surface area contributed by atoms with Gasteiger partial charge in [-0.05, 0) is 48.7 Å². The number of carbonyl (C=O) groups excluding carboxylic acids is 2. The number of carbonyl (C=O) groups is 2. The van der Waals surface area contributed by atoms with Crippen molar-refractivity contribution in [1.29, 1.82) is 0 Å². The van der Waals surface area contributed by atoms with E-state index in [4.69, 9.17) is 9.47 Å². The lowest BCUT2D eigenvalue weighted by Gasteiger charge is -2.12. The Morgan fingerprint density at radius 1 is 1.04 bits per heavy atom. The predicted molar refractivity (Wildman–Crippen MR) is 111 cm³/mol. The molecule has 0 atom stereocenters. The Hall–Kier alpha value is -3.28. The summed E-state index contributed by atoms with van der Waals surface area (Å²) in [6, 6.07) is 12.5. The van der Waals surface area contributed by atoms with E-state index in [1.165, 1.54) is 0 Å². The first-order valence-corrected chi connectivity index (χ1v) is 9.16. The number of ether oxygens (including phenoxy) is 2. The third kappa shape index (κ3) is 6.46. The van der Waals surface area contributed by atoms with Crippen LogP contribution in [-0.2, 0) is 16.0 Å². The zero-order valence-corrected chi connectivity index (χ0v) is 16.3. The average molecular weight is 382 g/mol. The van der Waals surface area contributed by atoms with E-state index >= 15 is 0 Å². The maximum atomic E-state index is 12.2. The Morgan fingerprint density at radius 2 is 1.75 bits per heavy atom. The maximum Gasteiger partial charge on any atom is 0.262 e. The first kappa shape index (κ1) is 21.0. The van der Waals surface area contributed by atoms with Crippen molar-refractivity contribution in [2.45, 2.75) is 26.2 Å². The van der Waals surface area contributed by atoms with Crippen LogP contribution in [0, 0.1) is 0 Å². The summed E-state index contributed by atoms with van der Waals surface area (Å²) in [7, 11) is 1.55. The van der Waals surface area contributed by atoms with Gasteiger partial charge in [0.1, 0.15) is 0 Å². The molecule has 2 amide bonds. The maximum absolute atomic E-state index is 12.2. The van der Waals surface area contributed by atoms with Crippen molar-refractivity contribution >= 4 is 23.2 Å². The Kier molecular flexibility index (Phi) is 8.09. The summed E-state index contributed by atoms with van der Waals surface area (Å²) in [5.41, 5.74) is 2.26. The Morgan fingerprint density at radius 3 is 2.39 bits per heavy atom. The van der Waals surface area contributed by atoms with Crippen LogP contribution in [-0.4, -0.2) is 25.5 Å². The van der Waals surface area contributed by atoms with E-state index < -0.39 is 0 Å². The van der Waals surface area contributed by atoms with Gasteiger partial charge in [0.05, 0.1) is 7.11 Å². The number of benzene rings is 2. The number of hydrogen-bond acceptors (Lipinski definition) is 4. The number of hydrogen-bond donors (Lipinski definition) is 2. The van der Waals surface area contributed by atoms with Crippen molar-refractivity contribution < 1.29 is 19.1 Å². The molecule has 2 rings (SSSR count). The van der Waals surface area contributed by atoms with Gasteiger partial charge >= 0.3 is 0 Å². The number of rotatable bonds is 10. The molecule has 0 unspecified atom stereocenters. The molecule has 2 N–H and O–H groups in total. The van der Waals surface area contributed by atoms with E-state index in [0.29, 0.717) is 29.3 Å². The number of nitrogens with one attached hydrogen (secondary N) is 2. The van der Waals surface area contributed by atoms with Crippen molar-refractivity contribution in [3.05, 3.63) is 60.7 Å². The first-order valence-electron chi connectivity index (χ1n) is 9.16. The SMILES string of the molecule is C=CCc1ccc(OCC(=O)Nc2cccc(NC(=O)CCC)c2)c(OC)c1. The molecule has 6 heteroatoms. The van der Waals surface area contributed by atoms with E-state index in [1.54, 1.807) is 37.4 Å². The summed E-state index contributed by atoms with van der Waals surface area (Å²) in [5.74, 6) is 0.689. The van der Waals surface area contributed by atoms with Gasteiger partial charge in [0, 0.05) is 17.8 Å². The van der Waals surface area contributed by atoms with Gasteiger partial charge in [-0.2, -0.15) is 0 Å². The highest BCUT2D eigenvalue weighted by Crippen LogP contribution is 2.28. The van der Waals surface area contributed by atoms with Crippen LogP contribution >= 0.6 is 0 Å². The summed E-state index contributed by atoms with van der Waals surface area (Å²) in [6.07, 6.45) is 3.76. The van der Waals surface area contributed by atoms with Gasteiger partial charge in [-0.3, -0.25) is 9.59 Å². The van der Waals surface area contributed by atoms with Crippen LogP contribution in [0.2, 0.25) is 0 Å². The quantitative estimate of drug-likeness (QED) is 0.605. The first-order chi connectivity index (χ1) is 13.5. The summed E-state index contributed by atoms with van der Waals surface area (Å²) >= 11 is 0. The molecule has 148 valence electrons. The molecule has 0 fully saturated rings. The second-order valence-electron chi connectivity index (χ2n) is 6.19. The molecule has 0 aliphatic heterocycles. The predicted octanol–water partition coefficient (Wildman–Crippen LogP) is 4.18. The number of methoxy groups -OCH3 is 1. The van der Waals surface area contributed by atoms with Gasteiger partial charge in [0.15, 0.2) is 18.1 Å². The van der Waals surface area contributed by atoms with Gasteiger partial charge < -0.3 is 20.1 Å². The molecule has 2 aromatic carbocycles. The van der Waals surface area contributed by atoms with Crippen LogP contribution in [0.3, 0.4) is 0 Å². The molecule has 0 heterocycles. The summed E-state index contributed by atoms with van der Waals surface area (Å²) in [5, 5.41) is 5.56. The van der Waals surface area contributed by atoms with Crippen LogP contribution in [0.5, 0.6) is 11.5 Å². The van der Waals surface area contributed by atoms with Crippen molar-refractivity contribution in [1.82, 2.24) is 0 Å². The summed E-state index contributed by atoms with van der Waals surface area (Å²) < 4.78 is 10.9. The molecule has 28 heavy (non-hydrogen) atoms. The average Bonchev–Trinajstić information content (AvgIpc) is 2.67. The van der Waals surface area contributed by atoms with Gasteiger partial charge in [-0.25, -0.2) is 0 Å². The fraction of sp³-hybridized carbons (Fsp3) is 0.273. The molecule has 6 nitrogen and oxygen atoms in total. The van der Waals surface area contributed by atoms with Gasteiger partial charge in [-0.15, -0.1) is 6.58 Å². The van der Waals surface area contributed by atoms with E-state index in [9.17, 15) is 9.59 Å². The van der Waals surface area contributed by atoms with Crippen molar-refractivity contribution in [2.24, 2.45) is 0 Å². The van der Waals surface area contributed by atoms with E-state index in [1.807, 2.05) is 25.1 Å². The highest BCUT2D eigenvalue weighted by Gasteiger charge is 2.09. The lowest BCUT2D eigenvalue weighted by molar-refractivity contribution is -0.118. The van der Waals surface area contributed by atoms with Crippen LogP contribution in [0.1, 0.15) is 25.3 Å². The lowest BCUT2D eigenvalue weighted by Crippen LogP contribution is -2.20. The van der Waals surface area contributed by atoms with E-state index in [2.05, 4.69) is 17.2 Å². The third-order valence-electron chi connectivity index (χ3n) is 3.87. The van der Waals surface area contributed by atoms with E-state index in [0.717, 1.165) is 18.4 Å². The largest absolute Gasteiger partial charge is 0.493 e. The molecular weight excluding hydrogens is 356 g/mol. The summed E-state index contributed by atoms with van der Waals surface area (Å²) in [4.78, 5) is 23.9. The van der Waals surface area contributed by atoms with Gasteiger partial charge in [0.25, 0.3) is 5.91 Å². The Bertz CT molecular complexity index is 833. The van der Waals surface area contributed by atoms with Crippen molar-refractivity contribution in [3.63, 3.8) is 0 Å².